The maximum atomic E-state index is 5.99. The molecule has 1 aromatic carbocycles. The number of aryl methyl sites for hydroxylation is 1. The Bertz CT molecular complexity index is 307. The quantitative estimate of drug-likeness (QED) is 0.627. The van der Waals surface area contributed by atoms with Gasteiger partial charge in [-0.05, 0) is 37.0 Å². The molecule has 2 heteroatoms. The summed E-state index contributed by atoms with van der Waals surface area (Å²) in [7, 11) is 0. The summed E-state index contributed by atoms with van der Waals surface area (Å²) in [6.45, 7) is 2.82. The molecule has 13 heavy (non-hydrogen) atoms. The maximum absolute atomic E-state index is 5.99. The van der Waals surface area contributed by atoms with E-state index in [9.17, 15) is 0 Å². The molecule has 1 aliphatic rings. The SMILES string of the molecule is CC(Cl)c1ccc2c(c1)OCCC2. The van der Waals surface area contributed by atoms with Crippen molar-refractivity contribution in [2.75, 3.05) is 6.61 Å². The summed E-state index contributed by atoms with van der Waals surface area (Å²) in [6.07, 6.45) is 2.26. The average Bonchev–Trinajstić information content (AvgIpc) is 2.17. The van der Waals surface area contributed by atoms with E-state index in [-0.39, 0.29) is 5.38 Å². The first-order chi connectivity index (χ1) is 6.27. The molecule has 0 aliphatic carbocycles. The van der Waals surface area contributed by atoms with Crippen LogP contribution in [0.2, 0.25) is 0 Å². The third-order valence-corrected chi connectivity index (χ3v) is 2.65. The number of fused-ring (bicyclic) bond motifs is 1. The van der Waals surface area contributed by atoms with E-state index in [0.29, 0.717) is 0 Å². The molecule has 1 aromatic rings. The Balaban J connectivity index is 2.35. The minimum atomic E-state index is 0.0656. The van der Waals surface area contributed by atoms with Crippen molar-refractivity contribution < 1.29 is 4.74 Å². The van der Waals surface area contributed by atoms with Crippen molar-refractivity contribution in [2.45, 2.75) is 25.1 Å². The van der Waals surface area contributed by atoms with Gasteiger partial charge in [0.25, 0.3) is 0 Å². The van der Waals surface area contributed by atoms with Crippen LogP contribution < -0.4 is 4.74 Å². The molecular formula is C11H13ClO. The minimum Gasteiger partial charge on any atom is -0.493 e. The molecule has 1 atom stereocenters. The van der Waals surface area contributed by atoms with Gasteiger partial charge in [0.15, 0.2) is 0 Å². The van der Waals surface area contributed by atoms with Gasteiger partial charge in [-0.1, -0.05) is 12.1 Å². The molecule has 0 radical (unpaired) electrons. The Morgan fingerprint density at radius 2 is 2.31 bits per heavy atom. The van der Waals surface area contributed by atoms with E-state index in [0.717, 1.165) is 30.8 Å². The molecule has 0 spiro atoms. The van der Waals surface area contributed by atoms with Gasteiger partial charge < -0.3 is 4.74 Å². The van der Waals surface area contributed by atoms with Crippen molar-refractivity contribution in [3.05, 3.63) is 29.3 Å². The fraction of sp³-hybridized carbons (Fsp3) is 0.455. The van der Waals surface area contributed by atoms with Gasteiger partial charge in [-0.15, -0.1) is 11.6 Å². The second-order valence-electron chi connectivity index (χ2n) is 3.44. The van der Waals surface area contributed by atoms with Crippen LogP contribution in [0.5, 0.6) is 5.75 Å². The molecule has 1 unspecified atom stereocenters. The van der Waals surface area contributed by atoms with Crippen molar-refractivity contribution in [1.29, 1.82) is 0 Å². The summed E-state index contributed by atoms with van der Waals surface area (Å²) >= 11 is 5.99. The summed E-state index contributed by atoms with van der Waals surface area (Å²) in [6, 6.07) is 6.28. The fourth-order valence-electron chi connectivity index (χ4n) is 1.60. The molecule has 0 N–H and O–H groups in total. The minimum absolute atomic E-state index is 0.0656. The van der Waals surface area contributed by atoms with E-state index in [1.165, 1.54) is 5.56 Å². The summed E-state index contributed by atoms with van der Waals surface area (Å²) < 4.78 is 5.56. The molecule has 1 nitrogen and oxygen atoms in total. The van der Waals surface area contributed by atoms with Crippen LogP contribution in [0.1, 0.15) is 29.8 Å². The van der Waals surface area contributed by atoms with Gasteiger partial charge in [-0.25, -0.2) is 0 Å². The van der Waals surface area contributed by atoms with Gasteiger partial charge in [0, 0.05) is 0 Å². The van der Waals surface area contributed by atoms with Gasteiger partial charge in [-0.2, -0.15) is 0 Å². The number of ether oxygens (including phenoxy) is 1. The molecule has 70 valence electrons. The van der Waals surface area contributed by atoms with Crippen LogP contribution in [0.3, 0.4) is 0 Å². The Kier molecular flexibility index (Phi) is 2.45. The third-order valence-electron chi connectivity index (χ3n) is 2.40. The zero-order valence-corrected chi connectivity index (χ0v) is 8.47. The Morgan fingerprint density at radius 1 is 1.46 bits per heavy atom. The van der Waals surface area contributed by atoms with Crippen molar-refractivity contribution in [1.82, 2.24) is 0 Å². The van der Waals surface area contributed by atoms with Crippen LogP contribution in [-0.4, -0.2) is 6.61 Å². The highest BCUT2D eigenvalue weighted by atomic mass is 35.5. The van der Waals surface area contributed by atoms with E-state index < -0.39 is 0 Å². The zero-order chi connectivity index (χ0) is 9.26. The molecule has 0 fully saturated rings. The fourth-order valence-corrected chi connectivity index (χ4v) is 1.74. The molecule has 0 saturated carbocycles. The molecular weight excluding hydrogens is 184 g/mol. The van der Waals surface area contributed by atoms with Crippen molar-refractivity contribution in [3.8, 4) is 5.75 Å². The zero-order valence-electron chi connectivity index (χ0n) is 7.72. The number of hydrogen-bond donors (Lipinski definition) is 0. The summed E-state index contributed by atoms with van der Waals surface area (Å²) in [5.74, 6) is 1.02. The second kappa shape index (κ2) is 3.59. The highest BCUT2D eigenvalue weighted by Crippen LogP contribution is 2.29. The lowest BCUT2D eigenvalue weighted by Crippen LogP contribution is -2.08. The topological polar surface area (TPSA) is 9.23 Å². The first-order valence-corrected chi connectivity index (χ1v) is 5.11. The highest BCUT2D eigenvalue weighted by molar-refractivity contribution is 6.20. The summed E-state index contributed by atoms with van der Waals surface area (Å²) in [5, 5.41) is 0.0656. The number of benzene rings is 1. The number of hydrogen-bond acceptors (Lipinski definition) is 1. The van der Waals surface area contributed by atoms with Crippen LogP contribution in [0.25, 0.3) is 0 Å². The van der Waals surface area contributed by atoms with Gasteiger partial charge in [0.1, 0.15) is 5.75 Å². The van der Waals surface area contributed by atoms with Crippen LogP contribution in [0.4, 0.5) is 0 Å². The molecule has 0 saturated heterocycles. The van der Waals surface area contributed by atoms with Gasteiger partial charge in [0.2, 0.25) is 0 Å². The van der Waals surface area contributed by atoms with E-state index in [1.807, 2.05) is 6.92 Å². The van der Waals surface area contributed by atoms with Crippen LogP contribution in [-0.2, 0) is 6.42 Å². The largest absolute Gasteiger partial charge is 0.493 e. The maximum Gasteiger partial charge on any atom is 0.122 e. The summed E-state index contributed by atoms with van der Waals surface area (Å²) in [5.41, 5.74) is 2.45. The van der Waals surface area contributed by atoms with Crippen molar-refractivity contribution in [2.24, 2.45) is 0 Å². The lowest BCUT2D eigenvalue weighted by molar-refractivity contribution is 0.288. The third kappa shape index (κ3) is 1.80. The van der Waals surface area contributed by atoms with Gasteiger partial charge >= 0.3 is 0 Å². The molecule has 1 heterocycles. The molecule has 1 aliphatic heterocycles. The standard InChI is InChI=1S/C11H13ClO/c1-8(12)10-5-4-9-3-2-6-13-11(9)7-10/h4-5,7-8H,2-3,6H2,1H3. The van der Waals surface area contributed by atoms with E-state index in [4.69, 9.17) is 16.3 Å². The molecule has 0 bridgehead atoms. The molecule has 0 aromatic heterocycles. The second-order valence-corrected chi connectivity index (χ2v) is 4.09. The Labute approximate surface area is 83.7 Å². The van der Waals surface area contributed by atoms with Crippen molar-refractivity contribution in [3.63, 3.8) is 0 Å². The van der Waals surface area contributed by atoms with Crippen LogP contribution in [0.15, 0.2) is 18.2 Å². The Morgan fingerprint density at radius 3 is 3.08 bits per heavy atom. The summed E-state index contributed by atoms with van der Waals surface area (Å²) in [4.78, 5) is 0. The number of rotatable bonds is 1. The van der Waals surface area contributed by atoms with Crippen LogP contribution >= 0.6 is 11.6 Å². The number of halogens is 1. The number of alkyl halides is 1. The average molecular weight is 197 g/mol. The van der Waals surface area contributed by atoms with Crippen LogP contribution in [0, 0.1) is 0 Å². The van der Waals surface area contributed by atoms with Gasteiger partial charge in [-0.3, -0.25) is 0 Å². The highest BCUT2D eigenvalue weighted by Gasteiger charge is 2.11. The normalized spacial score (nSPS) is 17.4. The van der Waals surface area contributed by atoms with E-state index in [2.05, 4.69) is 18.2 Å². The lowest BCUT2D eigenvalue weighted by atomic mass is 10.0. The first kappa shape index (κ1) is 8.89. The molecule has 2 rings (SSSR count). The van der Waals surface area contributed by atoms with E-state index in [1.54, 1.807) is 0 Å². The predicted molar refractivity (Wildman–Crippen MR) is 54.5 cm³/mol. The smallest absolute Gasteiger partial charge is 0.122 e. The van der Waals surface area contributed by atoms with Crippen molar-refractivity contribution >= 4 is 11.6 Å². The van der Waals surface area contributed by atoms with E-state index >= 15 is 0 Å². The Hall–Kier alpha value is -0.690. The monoisotopic (exact) mass is 196 g/mol. The predicted octanol–water partition coefficient (Wildman–Crippen LogP) is 3.31. The molecule has 0 amide bonds. The van der Waals surface area contributed by atoms with Gasteiger partial charge in [0.05, 0.1) is 12.0 Å². The first-order valence-electron chi connectivity index (χ1n) is 4.67. The lowest BCUT2D eigenvalue weighted by Gasteiger charge is -2.18.